The van der Waals surface area contributed by atoms with E-state index < -0.39 is 17.4 Å². The van der Waals surface area contributed by atoms with Crippen molar-refractivity contribution in [2.45, 2.75) is 13.1 Å². The molecular weight excluding hydrogens is 390 g/mol. The molecule has 0 aliphatic carbocycles. The van der Waals surface area contributed by atoms with E-state index in [2.05, 4.69) is 10.3 Å². The van der Waals surface area contributed by atoms with Crippen LogP contribution in [0.3, 0.4) is 0 Å². The highest BCUT2D eigenvalue weighted by molar-refractivity contribution is 6.00. The molecule has 0 atom stereocenters. The number of imidazole rings is 1. The summed E-state index contributed by atoms with van der Waals surface area (Å²) >= 11 is 0. The highest BCUT2D eigenvalue weighted by Gasteiger charge is 2.17. The van der Waals surface area contributed by atoms with Gasteiger partial charge in [0, 0.05) is 17.6 Å². The Labute approximate surface area is 170 Å². The van der Waals surface area contributed by atoms with Crippen LogP contribution >= 0.6 is 0 Å². The van der Waals surface area contributed by atoms with Gasteiger partial charge in [0.15, 0.2) is 13.1 Å². The second-order valence-electron chi connectivity index (χ2n) is 6.73. The summed E-state index contributed by atoms with van der Waals surface area (Å²) in [5.41, 5.74) is 1.13. The van der Waals surface area contributed by atoms with Crippen molar-refractivity contribution < 1.29 is 22.9 Å². The number of carbonyl (C=O) groups excluding carboxylic acids is 2. The first-order valence-corrected chi connectivity index (χ1v) is 9.16. The summed E-state index contributed by atoms with van der Waals surface area (Å²) < 4.78 is 29.9. The van der Waals surface area contributed by atoms with E-state index in [1.165, 1.54) is 4.57 Å². The van der Waals surface area contributed by atoms with Crippen molar-refractivity contribution in [2.24, 2.45) is 0 Å². The number of nitrogens with zero attached hydrogens (tertiary/aromatic N) is 3. The van der Waals surface area contributed by atoms with E-state index in [1.54, 1.807) is 35.6 Å². The average molecular weight is 407 g/mol. The minimum absolute atomic E-state index is 0.0231. The van der Waals surface area contributed by atoms with Crippen LogP contribution in [0.5, 0.6) is 0 Å². The molecule has 0 unspecified atom stereocenters. The number of hydrogen-bond acceptors (Lipinski definition) is 3. The van der Waals surface area contributed by atoms with Gasteiger partial charge in [-0.2, -0.15) is 0 Å². The molecule has 0 aliphatic rings. The van der Waals surface area contributed by atoms with E-state index in [4.69, 9.17) is 0 Å². The Morgan fingerprint density at radius 2 is 1.93 bits per heavy atom. The Morgan fingerprint density at radius 1 is 1.10 bits per heavy atom. The van der Waals surface area contributed by atoms with E-state index in [9.17, 15) is 18.4 Å². The molecule has 0 saturated carbocycles. The van der Waals surface area contributed by atoms with Crippen molar-refractivity contribution in [3.05, 3.63) is 90.6 Å². The molecule has 4 aromatic rings. The number of para-hydroxylation sites is 1. The zero-order chi connectivity index (χ0) is 21.1. The van der Waals surface area contributed by atoms with E-state index in [0.717, 1.165) is 17.5 Å². The van der Waals surface area contributed by atoms with Gasteiger partial charge in [0.2, 0.25) is 12.1 Å². The lowest BCUT2D eigenvalue weighted by Crippen LogP contribution is -2.36. The van der Waals surface area contributed by atoms with Crippen LogP contribution in [-0.2, 0) is 17.9 Å². The predicted molar refractivity (Wildman–Crippen MR) is 106 cm³/mol. The second kappa shape index (κ2) is 8.20. The molecule has 0 saturated heterocycles. The first kappa shape index (κ1) is 19.4. The number of halogens is 2. The number of ketones is 1. The number of amides is 1. The number of carbonyl (C=O) groups is 2. The molecular formula is C22H17F2N4O2+. The van der Waals surface area contributed by atoms with Gasteiger partial charge >= 0.3 is 0 Å². The molecule has 2 heterocycles. The van der Waals surface area contributed by atoms with Crippen molar-refractivity contribution in [3.8, 4) is 0 Å². The number of anilines is 1. The van der Waals surface area contributed by atoms with Gasteiger partial charge < -0.3 is 5.32 Å². The molecule has 0 bridgehead atoms. The molecule has 0 radical (unpaired) electrons. The Balaban J connectivity index is 1.41. The van der Waals surface area contributed by atoms with E-state index in [1.807, 2.05) is 24.3 Å². The summed E-state index contributed by atoms with van der Waals surface area (Å²) in [6.45, 7) is -0.111. The fraction of sp³-hybridized carbons (Fsp3) is 0.0909. The Hall–Kier alpha value is -3.94. The number of pyridine rings is 1. The van der Waals surface area contributed by atoms with Crippen molar-refractivity contribution in [1.29, 1.82) is 0 Å². The predicted octanol–water partition coefficient (Wildman–Crippen LogP) is 3.12. The molecule has 150 valence electrons. The van der Waals surface area contributed by atoms with Gasteiger partial charge in [0.1, 0.15) is 24.0 Å². The lowest BCUT2D eigenvalue weighted by molar-refractivity contribution is -0.682. The molecule has 30 heavy (non-hydrogen) atoms. The lowest BCUT2D eigenvalue weighted by Gasteiger charge is -2.06. The maximum atomic E-state index is 13.8. The number of Topliss-reactive ketones (excluding diaryl/α,β-unsaturated/α-hetero) is 1. The van der Waals surface area contributed by atoms with Crippen LogP contribution < -0.4 is 9.88 Å². The zero-order valence-electron chi connectivity index (χ0n) is 15.8. The van der Waals surface area contributed by atoms with Crippen LogP contribution in [-0.4, -0.2) is 21.2 Å². The zero-order valence-corrected chi connectivity index (χ0v) is 15.8. The SMILES string of the molecule is O=C(Cn1cc[n+](CC(=O)c2ccc(F)cc2F)c1)Nc1cccc2cccnc12. The van der Waals surface area contributed by atoms with Gasteiger partial charge in [-0.05, 0) is 24.3 Å². The van der Waals surface area contributed by atoms with Gasteiger partial charge in [0.25, 0.3) is 5.91 Å². The lowest BCUT2D eigenvalue weighted by atomic mass is 10.1. The number of rotatable bonds is 6. The third kappa shape index (κ3) is 4.22. The highest BCUT2D eigenvalue weighted by Crippen LogP contribution is 2.20. The largest absolute Gasteiger partial charge is 0.321 e. The topological polar surface area (TPSA) is 67.9 Å². The molecule has 0 spiro atoms. The molecule has 2 aromatic carbocycles. The minimum atomic E-state index is -0.900. The Morgan fingerprint density at radius 3 is 2.77 bits per heavy atom. The van der Waals surface area contributed by atoms with E-state index in [0.29, 0.717) is 17.3 Å². The summed E-state index contributed by atoms with van der Waals surface area (Å²) in [5.74, 6) is -2.40. The average Bonchev–Trinajstić information content (AvgIpc) is 3.14. The first-order valence-electron chi connectivity index (χ1n) is 9.16. The number of aromatic nitrogens is 3. The van der Waals surface area contributed by atoms with Gasteiger partial charge in [-0.1, -0.05) is 18.2 Å². The van der Waals surface area contributed by atoms with Crippen LogP contribution in [0.4, 0.5) is 14.5 Å². The summed E-state index contributed by atoms with van der Waals surface area (Å²) in [7, 11) is 0. The fourth-order valence-corrected chi connectivity index (χ4v) is 3.15. The molecule has 0 fully saturated rings. The standard InChI is InChI=1S/C22H16F2N4O2/c23-16-6-7-17(18(24)11-16)20(29)12-27-9-10-28(14-27)13-21(30)26-19-5-1-3-15-4-2-8-25-22(15)19/h1-11,14H,12-13H2/p+1. The monoisotopic (exact) mass is 407 g/mol. The van der Waals surface area contributed by atoms with Gasteiger partial charge in [0.05, 0.1) is 16.8 Å². The van der Waals surface area contributed by atoms with E-state index in [-0.39, 0.29) is 24.6 Å². The van der Waals surface area contributed by atoms with Crippen molar-refractivity contribution in [1.82, 2.24) is 9.55 Å². The smallest absolute Gasteiger partial charge is 0.266 e. The minimum Gasteiger partial charge on any atom is -0.321 e. The van der Waals surface area contributed by atoms with Gasteiger partial charge in [-0.3, -0.25) is 14.6 Å². The molecule has 1 amide bonds. The molecule has 2 aromatic heterocycles. The molecule has 1 N–H and O–H groups in total. The van der Waals surface area contributed by atoms with Crippen LogP contribution in [0.1, 0.15) is 10.4 Å². The number of nitrogens with one attached hydrogen (secondary N) is 1. The molecule has 0 aliphatic heterocycles. The van der Waals surface area contributed by atoms with Crippen LogP contribution in [0, 0.1) is 11.6 Å². The number of fused-ring (bicyclic) bond motifs is 1. The third-order valence-corrected chi connectivity index (χ3v) is 4.54. The summed E-state index contributed by atoms with van der Waals surface area (Å²) in [6, 6.07) is 12.1. The second-order valence-corrected chi connectivity index (χ2v) is 6.73. The van der Waals surface area contributed by atoms with Crippen molar-refractivity contribution in [3.63, 3.8) is 0 Å². The Kier molecular flexibility index (Phi) is 5.30. The molecule has 8 heteroatoms. The number of hydrogen-bond donors (Lipinski definition) is 1. The molecule has 4 rings (SSSR count). The summed E-state index contributed by atoms with van der Waals surface area (Å²) in [4.78, 5) is 29.0. The quantitative estimate of drug-likeness (QED) is 0.395. The van der Waals surface area contributed by atoms with Crippen molar-refractivity contribution >= 4 is 28.3 Å². The summed E-state index contributed by atoms with van der Waals surface area (Å²) in [6.07, 6.45) is 6.47. The maximum Gasteiger partial charge on any atom is 0.266 e. The van der Waals surface area contributed by atoms with E-state index >= 15 is 0 Å². The highest BCUT2D eigenvalue weighted by atomic mass is 19.1. The third-order valence-electron chi connectivity index (χ3n) is 4.54. The van der Waals surface area contributed by atoms with Crippen LogP contribution in [0.15, 0.2) is 73.4 Å². The van der Waals surface area contributed by atoms with Crippen LogP contribution in [0.25, 0.3) is 10.9 Å². The summed E-state index contributed by atoms with van der Waals surface area (Å²) in [5, 5.41) is 3.76. The molecule has 6 nitrogen and oxygen atoms in total. The van der Waals surface area contributed by atoms with Gasteiger partial charge in [-0.25, -0.2) is 17.9 Å². The van der Waals surface area contributed by atoms with Crippen LogP contribution in [0.2, 0.25) is 0 Å². The number of benzene rings is 2. The Bertz CT molecular complexity index is 1250. The van der Waals surface area contributed by atoms with Crippen molar-refractivity contribution in [2.75, 3.05) is 5.32 Å². The normalized spacial score (nSPS) is 10.9. The van der Waals surface area contributed by atoms with Gasteiger partial charge in [-0.15, -0.1) is 0 Å². The first-order chi connectivity index (χ1) is 14.5. The maximum absolute atomic E-state index is 13.8. The fourth-order valence-electron chi connectivity index (χ4n) is 3.15.